The van der Waals surface area contributed by atoms with E-state index >= 15 is 0 Å². The molecule has 0 aliphatic rings. The molecule has 30 heavy (non-hydrogen) atoms. The van der Waals surface area contributed by atoms with E-state index < -0.39 is 0 Å². The van der Waals surface area contributed by atoms with E-state index in [1.165, 1.54) is 17.3 Å². The molecule has 0 aliphatic carbocycles. The second-order valence-electron chi connectivity index (χ2n) is 7.06. The monoisotopic (exact) mass is 424 g/mol. The van der Waals surface area contributed by atoms with Crippen molar-refractivity contribution in [3.63, 3.8) is 0 Å². The van der Waals surface area contributed by atoms with Crippen LogP contribution in [0.3, 0.4) is 0 Å². The summed E-state index contributed by atoms with van der Waals surface area (Å²) in [6.07, 6.45) is 1.86. The number of nitrogens with zero attached hydrogens (tertiary/aromatic N) is 3. The van der Waals surface area contributed by atoms with E-state index in [9.17, 15) is 4.79 Å². The van der Waals surface area contributed by atoms with Crippen molar-refractivity contribution >= 4 is 17.7 Å². The molecule has 7 heteroatoms. The second-order valence-corrected chi connectivity index (χ2v) is 8.00. The first-order valence-corrected chi connectivity index (χ1v) is 11.1. The van der Waals surface area contributed by atoms with Crippen LogP contribution in [-0.4, -0.2) is 39.6 Å². The van der Waals surface area contributed by atoms with Gasteiger partial charge in [0.25, 0.3) is 0 Å². The minimum absolute atomic E-state index is 0.0113. The first-order chi connectivity index (χ1) is 14.6. The highest BCUT2D eigenvalue weighted by atomic mass is 32.2. The molecule has 0 fully saturated rings. The summed E-state index contributed by atoms with van der Waals surface area (Å²) >= 11 is 1.41. The van der Waals surface area contributed by atoms with Crippen LogP contribution in [0.15, 0.2) is 59.8 Å². The van der Waals surface area contributed by atoms with Crippen molar-refractivity contribution in [2.24, 2.45) is 0 Å². The number of amides is 1. The predicted molar refractivity (Wildman–Crippen MR) is 121 cm³/mol. The van der Waals surface area contributed by atoms with E-state index in [-0.39, 0.29) is 11.9 Å². The van der Waals surface area contributed by atoms with E-state index in [4.69, 9.17) is 4.74 Å². The zero-order valence-corrected chi connectivity index (χ0v) is 18.5. The standard InChI is InChI=1S/C23H28N4O2S/c1-4-27-22(19-12-14-20(29-3)15-13-19)25-26-23(27)30-16-21(28)24-17(2)10-11-18-8-6-5-7-9-18/h5-9,12-15,17H,4,10-11,16H2,1-3H3,(H,24,28)/t17-/m1/s1. The minimum Gasteiger partial charge on any atom is -0.497 e. The fourth-order valence-corrected chi connectivity index (χ4v) is 3.99. The largest absolute Gasteiger partial charge is 0.497 e. The SMILES string of the molecule is CCn1c(SCC(=O)N[C@H](C)CCc2ccccc2)nnc1-c1ccc(OC)cc1. The molecule has 158 valence electrons. The lowest BCUT2D eigenvalue weighted by Crippen LogP contribution is -2.34. The third kappa shape index (κ3) is 5.86. The molecule has 6 nitrogen and oxygen atoms in total. The van der Waals surface area contributed by atoms with Crippen LogP contribution in [0.25, 0.3) is 11.4 Å². The lowest BCUT2D eigenvalue weighted by atomic mass is 10.1. The van der Waals surface area contributed by atoms with Gasteiger partial charge >= 0.3 is 0 Å². The number of methoxy groups -OCH3 is 1. The summed E-state index contributed by atoms with van der Waals surface area (Å²) in [6.45, 7) is 4.82. The van der Waals surface area contributed by atoms with E-state index in [1.807, 2.05) is 60.9 Å². The average Bonchev–Trinajstić information content (AvgIpc) is 3.20. The summed E-state index contributed by atoms with van der Waals surface area (Å²) in [6, 6.07) is 18.2. The maximum Gasteiger partial charge on any atom is 0.230 e. The Morgan fingerprint density at radius 3 is 2.53 bits per heavy atom. The van der Waals surface area contributed by atoms with Crippen LogP contribution in [0, 0.1) is 0 Å². The zero-order valence-electron chi connectivity index (χ0n) is 17.7. The van der Waals surface area contributed by atoms with Gasteiger partial charge in [0.2, 0.25) is 5.91 Å². The molecule has 1 amide bonds. The van der Waals surface area contributed by atoms with Crippen LogP contribution in [0.4, 0.5) is 0 Å². The third-order valence-corrected chi connectivity index (χ3v) is 5.80. The molecular weight excluding hydrogens is 396 g/mol. The van der Waals surface area contributed by atoms with Crippen LogP contribution in [0.5, 0.6) is 5.75 Å². The molecule has 1 heterocycles. The van der Waals surface area contributed by atoms with Gasteiger partial charge in [-0.1, -0.05) is 42.1 Å². The number of benzene rings is 2. The van der Waals surface area contributed by atoms with Crippen molar-refractivity contribution in [3.05, 3.63) is 60.2 Å². The molecule has 3 rings (SSSR count). The molecule has 1 aromatic heterocycles. The van der Waals surface area contributed by atoms with E-state index in [1.54, 1.807) is 7.11 Å². The van der Waals surface area contributed by atoms with Gasteiger partial charge in [-0.2, -0.15) is 0 Å². The van der Waals surface area contributed by atoms with Gasteiger partial charge in [-0.3, -0.25) is 4.79 Å². The van der Waals surface area contributed by atoms with Crippen molar-refractivity contribution in [2.45, 2.75) is 44.4 Å². The van der Waals surface area contributed by atoms with E-state index in [2.05, 4.69) is 27.6 Å². The van der Waals surface area contributed by atoms with Crippen molar-refractivity contribution in [3.8, 4) is 17.1 Å². The van der Waals surface area contributed by atoms with Crippen molar-refractivity contribution in [1.29, 1.82) is 0 Å². The van der Waals surface area contributed by atoms with E-state index in [0.717, 1.165) is 41.7 Å². The molecule has 0 saturated carbocycles. The molecule has 0 aliphatic heterocycles. The lowest BCUT2D eigenvalue weighted by Gasteiger charge is -2.14. The third-order valence-electron chi connectivity index (χ3n) is 4.83. The van der Waals surface area contributed by atoms with Crippen LogP contribution in [-0.2, 0) is 17.8 Å². The Bertz CT molecular complexity index is 942. The molecular formula is C23H28N4O2S. The van der Waals surface area contributed by atoms with E-state index in [0.29, 0.717) is 5.75 Å². The topological polar surface area (TPSA) is 69.0 Å². The van der Waals surface area contributed by atoms with Crippen molar-refractivity contribution in [1.82, 2.24) is 20.1 Å². The summed E-state index contributed by atoms with van der Waals surface area (Å²) in [5, 5.41) is 12.5. The molecule has 0 saturated heterocycles. The number of aryl methyl sites for hydroxylation is 1. The summed E-state index contributed by atoms with van der Waals surface area (Å²) in [5.74, 6) is 1.92. The van der Waals surface area contributed by atoms with Crippen molar-refractivity contribution < 1.29 is 9.53 Å². The molecule has 0 unspecified atom stereocenters. The van der Waals surface area contributed by atoms with Gasteiger partial charge in [-0.15, -0.1) is 10.2 Å². The van der Waals surface area contributed by atoms with Crippen LogP contribution in [0.1, 0.15) is 25.8 Å². The maximum absolute atomic E-state index is 12.4. The Balaban J connectivity index is 1.53. The number of hydrogen-bond acceptors (Lipinski definition) is 5. The van der Waals surface area contributed by atoms with Crippen LogP contribution in [0.2, 0.25) is 0 Å². The molecule has 1 N–H and O–H groups in total. The highest BCUT2D eigenvalue weighted by Crippen LogP contribution is 2.25. The number of carbonyl (C=O) groups is 1. The van der Waals surface area contributed by atoms with Gasteiger partial charge < -0.3 is 14.6 Å². The van der Waals surface area contributed by atoms with Gasteiger partial charge in [0.05, 0.1) is 12.9 Å². The average molecular weight is 425 g/mol. The predicted octanol–water partition coefficient (Wildman–Crippen LogP) is 4.20. The van der Waals surface area contributed by atoms with Crippen LogP contribution < -0.4 is 10.1 Å². The van der Waals surface area contributed by atoms with Crippen molar-refractivity contribution in [2.75, 3.05) is 12.9 Å². The Morgan fingerprint density at radius 2 is 1.87 bits per heavy atom. The fraction of sp³-hybridized carbons (Fsp3) is 0.348. The lowest BCUT2D eigenvalue weighted by molar-refractivity contribution is -0.119. The maximum atomic E-state index is 12.4. The Kier molecular flexibility index (Phi) is 7.90. The number of nitrogens with one attached hydrogen (secondary N) is 1. The summed E-state index contributed by atoms with van der Waals surface area (Å²) in [5.41, 5.74) is 2.26. The smallest absolute Gasteiger partial charge is 0.230 e. The Hall–Kier alpha value is -2.80. The molecule has 3 aromatic rings. The normalized spacial score (nSPS) is 11.8. The molecule has 0 radical (unpaired) electrons. The summed E-state index contributed by atoms with van der Waals surface area (Å²) in [4.78, 5) is 12.4. The van der Waals surface area contributed by atoms with Gasteiger partial charge in [-0.05, 0) is 56.5 Å². The number of carbonyl (C=O) groups excluding carboxylic acids is 1. The molecule has 2 aromatic carbocycles. The van der Waals surface area contributed by atoms with Gasteiger partial charge in [0.15, 0.2) is 11.0 Å². The van der Waals surface area contributed by atoms with Gasteiger partial charge in [0.1, 0.15) is 5.75 Å². The molecule has 1 atom stereocenters. The van der Waals surface area contributed by atoms with Gasteiger partial charge in [0, 0.05) is 18.2 Å². The highest BCUT2D eigenvalue weighted by Gasteiger charge is 2.15. The summed E-state index contributed by atoms with van der Waals surface area (Å²) < 4.78 is 7.24. The number of aromatic nitrogens is 3. The number of hydrogen-bond donors (Lipinski definition) is 1. The van der Waals surface area contributed by atoms with Gasteiger partial charge in [-0.25, -0.2) is 0 Å². The number of rotatable bonds is 10. The zero-order chi connectivity index (χ0) is 21.3. The second kappa shape index (κ2) is 10.8. The Labute approximate surface area is 182 Å². The molecule has 0 bridgehead atoms. The first kappa shape index (κ1) is 21.9. The highest BCUT2D eigenvalue weighted by molar-refractivity contribution is 7.99. The first-order valence-electron chi connectivity index (χ1n) is 10.1. The fourth-order valence-electron chi connectivity index (χ4n) is 3.18. The van der Waals surface area contributed by atoms with Crippen LogP contribution >= 0.6 is 11.8 Å². The Morgan fingerprint density at radius 1 is 1.13 bits per heavy atom. The quantitative estimate of drug-likeness (QED) is 0.494. The minimum atomic E-state index is 0.0113. The number of thioether (sulfide) groups is 1. The molecule has 0 spiro atoms. The summed E-state index contributed by atoms with van der Waals surface area (Å²) in [7, 11) is 1.64. The number of ether oxygens (including phenoxy) is 1.